The lowest BCUT2D eigenvalue weighted by atomic mass is 9.89. The van der Waals surface area contributed by atoms with Crippen molar-refractivity contribution in [3.05, 3.63) is 131 Å². The first-order chi connectivity index (χ1) is 19.5. The van der Waals surface area contributed by atoms with Gasteiger partial charge in [-0.3, -0.25) is 14.5 Å². The molecule has 0 bridgehead atoms. The van der Waals surface area contributed by atoms with Gasteiger partial charge in [-0.05, 0) is 53.6 Å². The lowest BCUT2D eigenvalue weighted by Gasteiger charge is -2.36. The predicted octanol–water partition coefficient (Wildman–Crippen LogP) is 6.04. The summed E-state index contributed by atoms with van der Waals surface area (Å²) in [5.41, 5.74) is 4.48. The number of benzene rings is 4. The lowest BCUT2D eigenvalue weighted by molar-refractivity contribution is -0.120. The molecule has 2 aliphatic rings. The third kappa shape index (κ3) is 3.68. The van der Waals surface area contributed by atoms with E-state index in [2.05, 4.69) is 10.3 Å². The molecule has 7 nitrogen and oxygen atoms in total. The maximum Gasteiger partial charge on any atom is 0.332 e. The van der Waals surface area contributed by atoms with E-state index in [0.29, 0.717) is 12.1 Å². The number of nitrogens with zero attached hydrogens (tertiary/aromatic N) is 2. The van der Waals surface area contributed by atoms with Crippen LogP contribution >= 0.6 is 0 Å². The Hall–Kier alpha value is -5.24. The van der Waals surface area contributed by atoms with Crippen molar-refractivity contribution in [3.63, 3.8) is 0 Å². The number of imide groups is 1. The van der Waals surface area contributed by atoms with Crippen LogP contribution in [0.2, 0.25) is 0 Å². The van der Waals surface area contributed by atoms with E-state index < -0.39 is 29.8 Å². The Bertz CT molecular complexity index is 1800. The number of para-hydroxylation sites is 2. The first-order valence-corrected chi connectivity index (χ1v) is 13.0. The van der Waals surface area contributed by atoms with Crippen LogP contribution in [0.4, 0.5) is 20.6 Å². The van der Waals surface area contributed by atoms with Gasteiger partial charge in [-0.2, -0.15) is 0 Å². The fourth-order valence-electron chi connectivity index (χ4n) is 5.87. The molecule has 40 heavy (non-hydrogen) atoms. The van der Waals surface area contributed by atoms with Crippen molar-refractivity contribution in [3.8, 4) is 0 Å². The molecule has 4 amide bonds. The molecule has 1 aromatic heterocycles. The molecule has 5 aromatic rings. The fourth-order valence-corrected chi connectivity index (χ4v) is 5.87. The number of hydrogen-bond donors (Lipinski definition) is 2. The van der Waals surface area contributed by atoms with E-state index in [4.69, 9.17) is 0 Å². The van der Waals surface area contributed by atoms with E-state index in [0.717, 1.165) is 32.6 Å². The number of H-pyrrole nitrogens is 1. The first-order valence-electron chi connectivity index (χ1n) is 13.0. The van der Waals surface area contributed by atoms with Gasteiger partial charge in [-0.25, -0.2) is 14.1 Å². The molecule has 0 spiro atoms. The molecule has 2 N–H and O–H groups in total. The first kappa shape index (κ1) is 23.8. The van der Waals surface area contributed by atoms with E-state index in [1.165, 1.54) is 24.3 Å². The van der Waals surface area contributed by atoms with Crippen molar-refractivity contribution in [1.29, 1.82) is 0 Å². The second kappa shape index (κ2) is 9.20. The van der Waals surface area contributed by atoms with Gasteiger partial charge in [0.2, 0.25) is 0 Å². The maximum absolute atomic E-state index is 14.2. The van der Waals surface area contributed by atoms with E-state index in [1.807, 2.05) is 54.6 Å². The minimum absolute atomic E-state index is 0.161. The molecule has 196 valence electrons. The fraction of sp³-hybridized carbons (Fsp3) is 0.0938. The predicted molar refractivity (Wildman–Crippen MR) is 150 cm³/mol. The normalized spacial score (nSPS) is 18.1. The monoisotopic (exact) mass is 530 g/mol. The summed E-state index contributed by atoms with van der Waals surface area (Å²) in [5, 5.41) is 3.76. The zero-order valence-corrected chi connectivity index (χ0v) is 21.2. The Morgan fingerprint density at radius 3 is 2.35 bits per heavy atom. The lowest BCUT2D eigenvalue weighted by Crippen LogP contribution is -2.44. The molecule has 1 unspecified atom stereocenters. The van der Waals surface area contributed by atoms with Crippen LogP contribution in [0.1, 0.15) is 33.2 Å². The highest BCUT2D eigenvalue weighted by Gasteiger charge is 2.53. The molecule has 0 aliphatic carbocycles. The molecule has 2 atom stereocenters. The maximum atomic E-state index is 14.2. The largest absolute Gasteiger partial charge is 0.356 e. The average Bonchev–Trinajstić information content (AvgIpc) is 3.47. The Balaban J connectivity index is 1.31. The molecule has 1 fully saturated rings. The molecule has 8 heteroatoms. The number of carbonyl (C=O) groups is 3. The molecule has 4 aromatic carbocycles. The van der Waals surface area contributed by atoms with E-state index in [-0.39, 0.29) is 17.2 Å². The Labute approximate surface area is 228 Å². The number of nitrogens with one attached hydrogen (secondary N) is 2. The van der Waals surface area contributed by atoms with Crippen molar-refractivity contribution >= 4 is 40.1 Å². The summed E-state index contributed by atoms with van der Waals surface area (Å²) in [5.74, 6) is -1.32. The van der Waals surface area contributed by atoms with Gasteiger partial charge in [-0.15, -0.1) is 0 Å². The summed E-state index contributed by atoms with van der Waals surface area (Å²) in [6, 6.07) is 27.7. The van der Waals surface area contributed by atoms with E-state index in [1.54, 1.807) is 29.2 Å². The molecule has 1 saturated heterocycles. The van der Waals surface area contributed by atoms with Gasteiger partial charge in [-0.1, -0.05) is 60.7 Å². The van der Waals surface area contributed by atoms with Crippen LogP contribution in [0.5, 0.6) is 0 Å². The third-order valence-corrected chi connectivity index (χ3v) is 7.66. The molecule has 0 saturated carbocycles. The molecule has 0 radical (unpaired) electrons. The highest BCUT2D eigenvalue weighted by atomic mass is 19.1. The number of urea groups is 1. The number of halogens is 1. The van der Waals surface area contributed by atoms with Gasteiger partial charge in [0.05, 0.1) is 11.3 Å². The van der Waals surface area contributed by atoms with Gasteiger partial charge < -0.3 is 10.3 Å². The zero-order chi connectivity index (χ0) is 27.4. The molecular formula is C32H23FN4O3. The van der Waals surface area contributed by atoms with Crippen LogP contribution in [0, 0.1) is 5.82 Å². The Morgan fingerprint density at radius 2 is 1.55 bits per heavy atom. The number of rotatable bonds is 4. The minimum atomic E-state index is -0.738. The summed E-state index contributed by atoms with van der Waals surface area (Å²) >= 11 is 0. The van der Waals surface area contributed by atoms with Crippen molar-refractivity contribution in [2.24, 2.45) is 0 Å². The zero-order valence-electron chi connectivity index (χ0n) is 21.2. The average molecular weight is 531 g/mol. The van der Waals surface area contributed by atoms with E-state index >= 15 is 0 Å². The quantitative estimate of drug-likeness (QED) is 0.278. The standard InChI is InChI=1S/C32H23FN4O3/c33-20-14-16-21(17-15-20)34-30(38)23-11-5-7-13-26(23)37-31(39)27-18-24-22-10-4-6-12-25(22)35-28(24)29(36(27)32(37)40)19-8-2-1-3-9-19/h1-17,27,29,35H,18H2,(H,34,38)/t27-,29?/m0/s1. The number of carbonyl (C=O) groups excluding carboxylic acids is 3. The van der Waals surface area contributed by atoms with Gasteiger partial charge >= 0.3 is 6.03 Å². The smallest absolute Gasteiger partial charge is 0.332 e. The van der Waals surface area contributed by atoms with Crippen molar-refractivity contribution in [2.45, 2.75) is 18.5 Å². The van der Waals surface area contributed by atoms with Gasteiger partial charge in [0.15, 0.2) is 0 Å². The minimum Gasteiger partial charge on any atom is -0.356 e. The number of anilines is 2. The number of aromatic nitrogens is 1. The second-order valence-electron chi connectivity index (χ2n) is 9.94. The van der Waals surface area contributed by atoms with Crippen molar-refractivity contribution in [2.75, 3.05) is 10.2 Å². The molecular weight excluding hydrogens is 507 g/mol. The Morgan fingerprint density at radius 1 is 0.850 bits per heavy atom. The van der Waals surface area contributed by atoms with Crippen molar-refractivity contribution < 1.29 is 18.8 Å². The van der Waals surface area contributed by atoms with Crippen LogP contribution < -0.4 is 10.2 Å². The van der Waals surface area contributed by atoms with Crippen LogP contribution in [0.15, 0.2) is 103 Å². The van der Waals surface area contributed by atoms with Crippen LogP contribution in [0.3, 0.4) is 0 Å². The van der Waals surface area contributed by atoms with Gasteiger partial charge in [0, 0.05) is 28.7 Å². The van der Waals surface area contributed by atoms with Gasteiger partial charge in [0.25, 0.3) is 11.8 Å². The Kier molecular flexibility index (Phi) is 5.48. The van der Waals surface area contributed by atoms with E-state index in [9.17, 15) is 18.8 Å². The van der Waals surface area contributed by atoms with Crippen LogP contribution in [-0.2, 0) is 11.2 Å². The molecule has 3 heterocycles. The van der Waals surface area contributed by atoms with Crippen molar-refractivity contribution in [1.82, 2.24) is 9.88 Å². The second-order valence-corrected chi connectivity index (χ2v) is 9.94. The summed E-state index contributed by atoms with van der Waals surface area (Å²) in [4.78, 5) is 47.8. The summed E-state index contributed by atoms with van der Waals surface area (Å²) in [6.07, 6.45) is 0.355. The van der Waals surface area contributed by atoms with Gasteiger partial charge in [0.1, 0.15) is 17.9 Å². The summed E-state index contributed by atoms with van der Waals surface area (Å²) in [6.45, 7) is 0. The highest BCUT2D eigenvalue weighted by molar-refractivity contribution is 6.24. The van der Waals surface area contributed by atoms with Crippen LogP contribution in [0.25, 0.3) is 10.9 Å². The SMILES string of the molecule is O=C(Nc1ccc(F)cc1)c1ccccc1N1C(=O)[C@@H]2Cc3c([nH]c4ccccc34)C(c3ccccc3)N2C1=O. The summed E-state index contributed by atoms with van der Waals surface area (Å²) < 4.78 is 13.4. The van der Waals surface area contributed by atoms with Crippen LogP contribution in [-0.4, -0.2) is 33.8 Å². The molecule has 7 rings (SSSR count). The summed E-state index contributed by atoms with van der Waals surface area (Å²) in [7, 11) is 0. The number of aromatic amines is 1. The third-order valence-electron chi connectivity index (χ3n) is 7.66. The molecule has 2 aliphatic heterocycles. The number of amides is 4. The number of hydrogen-bond acceptors (Lipinski definition) is 3. The highest BCUT2D eigenvalue weighted by Crippen LogP contribution is 2.45. The topological polar surface area (TPSA) is 85.5 Å². The number of fused-ring (bicyclic) bond motifs is 4.